The van der Waals surface area contributed by atoms with Gasteiger partial charge >= 0.3 is 0 Å². The maximum atomic E-state index is 16.3. The summed E-state index contributed by atoms with van der Waals surface area (Å²) < 4.78 is 16.3. The molecule has 0 amide bonds. The fraction of sp³-hybridized carbons (Fsp3) is 0. The molecule has 0 fully saturated rings. The number of hydrogen-bond acceptors (Lipinski definition) is 1. The van der Waals surface area contributed by atoms with Gasteiger partial charge < -0.3 is 9.88 Å². The summed E-state index contributed by atoms with van der Waals surface area (Å²) in [6.45, 7) is 0. The number of benzene rings is 5. The van der Waals surface area contributed by atoms with Crippen molar-refractivity contribution in [3.8, 4) is 11.1 Å². The van der Waals surface area contributed by atoms with Gasteiger partial charge in [-0.25, -0.2) is 4.39 Å². The van der Waals surface area contributed by atoms with Crippen LogP contribution in [0.1, 0.15) is 0 Å². The van der Waals surface area contributed by atoms with E-state index in [1.54, 1.807) is 0 Å². The van der Waals surface area contributed by atoms with Crippen molar-refractivity contribution < 1.29 is 4.39 Å². The van der Waals surface area contributed by atoms with Crippen LogP contribution in [0.3, 0.4) is 0 Å². The standard InChI is InChI=1S/C30H21FN2/c31-29-24(26-18-9-17-25-23-15-7-8-19-27(23)32-30(25)26)16-10-20-28(29)33(21-11-3-1-4-12-21)22-13-5-2-6-14-22/h1-20,32H. The Labute approximate surface area is 191 Å². The molecule has 0 aliphatic rings. The van der Waals surface area contributed by atoms with Crippen molar-refractivity contribution in [1.29, 1.82) is 0 Å². The molecule has 1 N–H and O–H groups in total. The number of nitrogens with zero attached hydrogens (tertiary/aromatic N) is 1. The number of H-pyrrole nitrogens is 1. The zero-order valence-corrected chi connectivity index (χ0v) is 17.9. The first-order valence-electron chi connectivity index (χ1n) is 11.0. The summed E-state index contributed by atoms with van der Waals surface area (Å²) in [5.41, 5.74) is 5.74. The lowest BCUT2D eigenvalue weighted by Crippen LogP contribution is -2.12. The topological polar surface area (TPSA) is 19.0 Å². The van der Waals surface area contributed by atoms with E-state index in [2.05, 4.69) is 23.2 Å². The summed E-state index contributed by atoms with van der Waals surface area (Å²) in [6, 6.07) is 39.7. The van der Waals surface area contributed by atoms with Crippen LogP contribution in [0, 0.1) is 5.82 Å². The number of nitrogens with one attached hydrogen (secondary N) is 1. The van der Waals surface area contributed by atoms with Crippen molar-refractivity contribution in [3.05, 3.63) is 127 Å². The van der Waals surface area contributed by atoms with Crippen LogP contribution >= 0.6 is 0 Å². The van der Waals surface area contributed by atoms with E-state index in [0.717, 1.165) is 38.7 Å². The van der Waals surface area contributed by atoms with Crippen molar-refractivity contribution in [2.45, 2.75) is 0 Å². The molecule has 6 aromatic rings. The van der Waals surface area contributed by atoms with E-state index in [9.17, 15) is 0 Å². The molecule has 5 aromatic carbocycles. The number of halogens is 1. The second-order valence-corrected chi connectivity index (χ2v) is 8.04. The van der Waals surface area contributed by atoms with Crippen LogP contribution < -0.4 is 4.90 Å². The third-order valence-corrected chi connectivity index (χ3v) is 6.08. The molecule has 3 heteroatoms. The Morgan fingerprint density at radius 3 is 1.82 bits per heavy atom. The van der Waals surface area contributed by atoms with Crippen LogP contribution in [0.2, 0.25) is 0 Å². The summed E-state index contributed by atoms with van der Waals surface area (Å²) in [5, 5.41) is 2.23. The molecule has 0 bridgehead atoms. The quantitative estimate of drug-likeness (QED) is 0.298. The molecule has 0 spiro atoms. The first-order valence-corrected chi connectivity index (χ1v) is 11.0. The van der Waals surface area contributed by atoms with E-state index < -0.39 is 0 Å². The van der Waals surface area contributed by atoms with Crippen LogP contribution in [0.15, 0.2) is 121 Å². The van der Waals surface area contributed by atoms with Gasteiger partial charge in [-0.3, -0.25) is 0 Å². The van der Waals surface area contributed by atoms with Crippen molar-refractivity contribution in [2.75, 3.05) is 4.90 Å². The number of anilines is 3. The van der Waals surface area contributed by atoms with E-state index in [0.29, 0.717) is 11.3 Å². The molecule has 6 rings (SSSR count). The number of para-hydroxylation sites is 4. The second-order valence-electron chi connectivity index (χ2n) is 8.04. The maximum Gasteiger partial charge on any atom is 0.155 e. The molecule has 33 heavy (non-hydrogen) atoms. The van der Waals surface area contributed by atoms with Gasteiger partial charge in [-0.1, -0.05) is 84.9 Å². The fourth-order valence-corrected chi connectivity index (χ4v) is 4.58. The molecule has 1 heterocycles. The Bertz CT molecular complexity index is 1530. The molecule has 0 atom stereocenters. The molecule has 1 aromatic heterocycles. The third-order valence-electron chi connectivity index (χ3n) is 6.08. The van der Waals surface area contributed by atoms with Crippen molar-refractivity contribution in [1.82, 2.24) is 4.98 Å². The van der Waals surface area contributed by atoms with Gasteiger partial charge in [0.15, 0.2) is 5.82 Å². The van der Waals surface area contributed by atoms with Gasteiger partial charge in [-0.05, 0) is 36.4 Å². The average Bonchev–Trinajstić information content (AvgIpc) is 3.26. The van der Waals surface area contributed by atoms with Crippen LogP contribution in [0.4, 0.5) is 21.5 Å². The summed E-state index contributed by atoms with van der Waals surface area (Å²) in [5.74, 6) is -0.253. The Hall–Kier alpha value is -4.37. The molecule has 0 saturated heterocycles. The summed E-state index contributed by atoms with van der Waals surface area (Å²) in [6.07, 6.45) is 0. The fourth-order valence-electron chi connectivity index (χ4n) is 4.58. The smallest absolute Gasteiger partial charge is 0.155 e. The predicted molar refractivity (Wildman–Crippen MR) is 136 cm³/mol. The first kappa shape index (κ1) is 19.3. The number of aromatic amines is 1. The monoisotopic (exact) mass is 428 g/mol. The molecular weight excluding hydrogens is 407 g/mol. The maximum absolute atomic E-state index is 16.3. The minimum atomic E-state index is -0.253. The minimum absolute atomic E-state index is 0.253. The lowest BCUT2D eigenvalue weighted by atomic mass is 10.00. The molecule has 0 aliphatic carbocycles. The molecule has 158 valence electrons. The van der Waals surface area contributed by atoms with E-state index in [1.807, 2.05) is 108 Å². The van der Waals surface area contributed by atoms with Crippen LogP contribution in [0.25, 0.3) is 32.9 Å². The Morgan fingerprint density at radius 1 is 0.515 bits per heavy atom. The molecular formula is C30H21FN2. The predicted octanol–water partition coefficient (Wildman–Crippen LogP) is 8.60. The van der Waals surface area contributed by atoms with Crippen LogP contribution in [-0.2, 0) is 0 Å². The third kappa shape index (κ3) is 3.26. The Balaban J connectivity index is 1.58. The van der Waals surface area contributed by atoms with E-state index in [4.69, 9.17) is 0 Å². The van der Waals surface area contributed by atoms with Gasteiger partial charge in [-0.2, -0.15) is 0 Å². The number of aromatic nitrogens is 1. The van der Waals surface area contributed by atoms with Crippen molar-refractivity contribution in [2.24, 2.45) is 0 Å². The summed E-state index contributed by atoms with van der Waals surface area (Å²) >= 11 is 0. The number of rotatable bonds is 4. The SMILES string of the molecule is Fc1c(-c2cccc3c2[nH]c2ccccc23)cccc1N(c1ccccc1)c1ccccc1. The minimum Gasteiger partial charge on any atom is -0.354 e. The highest BCUT2D eigenvalue weighted by Gasteiger charge is 2.20. The normalized spacial score (nSPS) is 11.2. The number of hydrogen-bond donors (Lipinski definition) is 1. The number of fused-ring (bicyclic) bond motifs is 3. The van der Waals surface area contributed by atoms with E-state index >= 15 is 4.39 Å². The van der Waals surface area contributed by atoms with Crippen LogP contribution in [-0.4, -0.2) is 4.98 Å². The lowest BCUT2D eigenvalue weighted by molar-refractivity contribution is 0.632. The van der Waals surface area contributed by atoms with Gasteiger partial charge in [0.1, 0.15) is 0 Å². The van der Waals surface area contributed by atoms with Gasteiger partial charge in [0, 0.05) is 38.8 Å². The largest absolute Gasteiger partial charge is 0.354 e. The zero-order valence-electron chi connectivity index (χ0n) is 17.9. The first-order chi connectivity index (χ1) is 16.3. The molecule has 0 unspecified atom stereocenters. The summed E-state index contributed by atoms with van der Waals surface area (Å²) in [7, 11) is 0. The Kier molecular flexibility index (Phi) is 4.66. The average molecular weight is 429 g/mol. The zero-order chi connectivity index (χ0) is 22.2. The van der Waals surface area contributed by atoms with E-state index in [1.165, 1.54) is 0 Å². The highest BCUT2D eigenvalue weighted by molar-refractivity contribution is 6.12. The second kappa shape index (κ2) is 7.95. The molecule has 0 saturated carbocycles. The lowest BCUT2D eigenvalue weighted by Gasteiger charge is -2.26. The van der Waals surface area contributed by atoms with E-state index in [-0.39, 0.29) is 5.82 Å². The van der Waals surface area contributed by atoms with Gasteiger partial charge in [0.05, 0.1) is 11.2 Å². The highest BCUT2D eigenvalue weighted by Crippen LogP contribution is 2.41. The Morgan fingerprint density at radius 2 is 1.09 bits per heavy atom. The van der Waals surface area contributed by atoms with Gasteiger partial charge in [0.2, 0.25) is 0 Å². The van der Waals surface area contributed by atoms with Crippen LogP contribution in [0.5, 0.6) is 0 Å². The molecule has 0 radical (unpaired) electrons. The van der Waals surface area contributed by atoms with Gasteiger partial charge in [0.25, 0.3) is 0 Å². The van der Waals surface area contributed by atoms with Crippen molar-refractivity contribution >= 4 is 38.9 Å². The molecule has 2 nitrogen and oxygen atoms in total. The highest BCUT2D eigenvalue weighted by atomic mass is 19.1. The molecule has 0 aliphatic heterocycles. The summed E-state index contributed by atoms with van der Waals surface area (Å²) in [4.78, 5) is 5.47. The van der Waals surface area contributed by atoms with Crippen molar-refractivity contribution in [3.63, 3.8) is 0 Å². The van der Waals surface area contributed by atoms with Gasteiger partial charge in [-0.15, -0.1) is 0 Å².